The van der Waals surface area contributed by atoms with E-state index in [-0.39, 0.29) is 23.2 Å². The normalized spacial score (nSPS) is 31.7. The van der Waals surface area contributed by atoms with Gasteiger partial charge in [0.25, 0.3) is 0 Å². The molecule has 0 bridgehead atoms. The lowest BCUT2D eigenvalue weighted by Gasteiger charge is -2.38. The van der Waals surface area contributed by atoms with Crippen molar-refractivity contribution in [3.8, 4) is 0 Å². The maximum atomic E-state index is 12.5. The third kappa shape index (κ3) is 3.22. The summed E-state index contributed by atoms with van der Waals surface area (Å²) >= 11 is 1.96. The van der Waals surface area contributed by atoms with Crippen LogP contribution in [0.2, 0.25) is 0 Å². The Kier molecular flexibility index (Phi) is 4.01. The van der Waals surface area contributed by atoms with Crippen LogP contribution in [0.4, 0.5) is 4.79 Å². The first-order valence-corrected chi connectivity index (χ1v) is 9.71. The Morgan fingerprint density at radius 3 is 2.74 bits per heavy atom. The smallest absolute Gasteiger partial charge is 0.315 e. The molecule has 124 valence electrons. The Morgan fingerprint density at radius 2 is 2.04 bits per heavy atom. The minimum Gasteiger partial charge on any atom is -0.374 e. The fraction of sp³-hybridized carbons (Fsp3) is 0.611. The highest BCUT2D eigenvalue weighted by Crippen LogP contribution is 2.45. The summed E-state index contributed by atoms with van der Waals surface area (Å²) in [6, 6.07) is 10.5. The minimum atomic E-state index is -0.141. The van der Waals surface area contributed by atoms with E-state index < -0.39 is 0 Å². The third-order valence-corrected chi connectivity index (χ3v) is 6.55. The van der Waals surface area contributed by atoms with Crippen LogP contribution < -0.4 is 10.6 Å². The summed E-state index contributed by atoms with van der Waals surface area (Å²) in [5.41, 5.74) is 1.08. The van der Waals surface area contributed by atoms with Crippen LogP contribution in [0.25, 0.3) is 0 Å². The number of hydrogen-bond donors (Lipinski definition) is 2. The lowest BCUT2D eigenvalue weighted by Crippen LogP contribution is -2.52. The van der Waals surface area contributed by atoms with Gasteiger partial charge in [-0.15, -0.1) is 0 Å². The van der Waals surface area contributed by atoms with Crippen molar-refractivity contribution in [3.63, 3.8) is 0 Å². The molecule has 2 atom stereocenters. The molecule has 1 aliphatic carbocycles. The number of hydrogen-bond acceptors (Lipinski definition) is 3. The van der Waals surface area contributed by atoms with E-state index >= 15 is 0 Å². The molecule has 4 rings (SSSR count). The molecule has 2 aliphatic heterocycles. The van der Waals surface area contributed by atoms with E-state index in [9.17, 15) is 4.79 Å². The SMILES string of the molecule is O=C(NC1CCOC2(CCSC2)C1)NC1(c2ccccc2)CC1. The number of amides is 2. The average molecular weight is 332 g/mol. The second kappa shape index (κ2) is 6.02. The molecule has 1 aromatic rings. The molecular formula is C18H24N2O2S. The van der Waals surface area contributed by atoms with Gasteiger partial charge in [-0.3, -0.25) is 0 Å². The van der Waals surface area contributed by atoms with E-state index in [1.165, 1.54) is 11.3 Å². The molecule has 0 aromatic heterocycles. The number of benzene rings is 1. The van der Waals surface area contributed by atoms with Gasteiger partial charge < -0.3 is 15.4 Å². The summed E-state index contributed by atoms with van der Waals surface area (Å²) in [5, 5.41) is 6.41. The first-order chi connectivity index (χ1) is 11.2. The molecule has 5 heteroatoms. The lowest BCUT2D eigenvalue weighted by molar-refractivity contribution is -0.0684. The Bertz CT molecular complexity index is 568. The largest absolute Gasteiger partial charge is 0.374 e. The van der Waals surface area contributed by atoms with Crippen molar-refractivity contribution in [3.05, 3.63) is 35.9 Å². The number of carbonyl (C=O) groups excluding carboxylic acids is 1. The van der Waals surface area contributed by atoms with Crippen LogP contribution in [0.15, 0.2) is 30.3 Å². The summed E-state index contributed by atoms with van der Waals surface area (Å²) in [6.07, 6.45) is 5.03. The highest BCUT2D eigenvalue weighted by Gasteiger charge is 2.46. The number of rotatable bonds is 3. The molecular weight excluding hydrogens is 308 g/mol. The van der Waals surface area contributed by atoms with Crippen LogP contribution in [0.5, 0.6) is 0 Å². The number of ether oxygens (including phenoxy) is 1. The first-order valence-electron chi connectivity index (χ1n) is 8.56. The van der Waals surface area contributed by atoms with Gasteiger partial charge in [0.05, 0.1) is 11.1 Å². The van der Waals surface area contributed by atoms with E-state index in [1.807, 2.05) is 30.0 Å². The highest BCUT2D eigenvalue weighted by molar-refractivity contribution is 7.99. The van der Waals surface area contributed by atoms with Crippen LogP contribution in [-0.2, 0) is 10.3 Å². The fourth-order valence-electron chi connectivity index (χ4n) is 3.82. The van der Waals surface area contributed by atoms with E-state index in [1.54, 1.807) is 0 Å². The molecule has 2 amide bonds. The van der Waals surface area contributed by atoms with Crippen molar-refractivity contribution < 1.29 is 9.53 Å². The first kappa shape index (κ1) is 15.3. The summed E-state index contributed by atoms with van der Waals surface area (Å²) < 4.78 is 6.03. The predicted octanol–water partition coefficient (Wildman–Crippen LogP) is 3.03. The molecule has 23 heavy (non-hydrogen) atoms. The van der Waals surface area contributed by atoms with Crippen molar-refractivity contribution in [1.82, 2.24) is 10.6 Å². The van der Waals surface area contributed by atoms with Crippen LogP contribution in [-0.4, -0.2) is 35.8 Å². The highest BCUT2D eigenvalue weighted by atomic mass is 32.2. The molecule has 4 nitrogen and oxygen atoms in total. The van der Waals surface area contributed by atoms with E-state index in [0.717, 1.165) is 44.5 Å². The quantitative estimate of drug-likeness (QED) is 0.894. The molecule has 3 fully saturated rings. The Labute approximate surface area is 141 Å². The molecule has 2 N–H and O–H groups in total. The zero-order chi connectivity index (χ0) is 15.8. The maximum absolute atomic E-state index is 12.5. The van der Waals surface area contributed by atoms with Crippen molar-refractivity contribution in [2.24, 2.45) is 0 Å². The number of thioether (sulfide) groups is 1. The summed E-state index contributed by atoms with van der Waals surface area (Å²) in [4.78, 5) is 12.5. The van der Waals surface area contributed by atoms with E-state index in [0.29, 0.717) is 0 Å². The van der Waals surface area contributed by atoms with Gasteiger partial charge in [-0.25, -0.2) is 4.79 Å². The molecule has 2 heterocycles. The monoisotopic (exact) mass is 332 g/mol. The van der Waals surface area contributed by atoms with Crippen LogP contribution in [0.1, 0.15) is 37.7 Å². The topological polar surface area (TPSA) is 50.4 Å². The van der Waals surface area contributed by atoms with Gasteiger partial charge in [-0.05, 0) is 43.4 Å². The average Bonchev–Trinajstić information content (AvgIpc) is 3.21. The van der Waals surface area contributed by atoms with Gasteiger partial charge in [0.15, 0.2) is 0 Å². The zero-order valence-corrected chi connectivity index (χ0v) is 14.2. The Balaban J connectivity index is 1.35. The van der Waals surface area contributed by atoms with Gasteiger partial charge in [0, 0.05) is 18.4 Å². The van der Waals surface area contributed by atoms with Crippen molar-refractivity contribution in [2.45, 2.75) is 49.3 Å². The molecule has 0 radical (unpaired) electrons. The van der Waals surface area contributed by atoms with Gasteiger partial charge >= 0.3 is 6.03 Å². The fourth-order valence-corrected chi connectivity index (χ4v) is 5.20. The summed E-state index contributed by atoms with van der Waals surface area (Å²) in [7, 11) is 0. The van der Waals surface area contributed by atoms with Gasteiger partial charge in [0.1, 0.15) is 0 Å². The molecule has 2 saturated heterocycles. The van der Waals surface area contributed by atoms with E-state index in [4.69, 9.17) is 4.74 Å². The van der Waals surface area contributed by atoms with Gasteiger partial charge in [-0.1, -0.05) is 30.3 Å². The standard InChI is InChI=1S/C18H24N2O2S/c21-16(20-18(7-8-18)14-4-2-1-3-5-14)19-15-6-10-22-17(12-15)9-11-23-13-17/h1-5,15H,6-13H2,(H2,19,20,21). The van der Waals surface area contributed by atoms with Crippen molar-refractivity contribution in [2.75, 3.05) is 18.1 Å². The van der Waals surface area contributed by atoms with Gasteiger partial charge in [-0.2, -0.15) is 11.8 Å². The lowest BCUT2D eigenvalue weighted by atomic mass is 9.90. The van der Waals surface area contributed by atoms with Gasteiger partial charge in [0.2, 0.25) is 0 Å². The minimum absolute atomic E-state index is 0.0115. The summed E-state index contributed by atoms with van der Waals surface area (Å²) in [6.45, 7) is 0.759. The molecule has 2 unspecified atom stereocenters. The van der Waals surface area contributed by atoms with Crippen LogP contribution >= 0.6 is 11.8 Å². The van der Waals surface area contributed by atoms with Crippen LogP contribution in [0.3, 0.4) is 0 Å². The molecule has 3 aliphatic rings. The van der Waals surface area contributed by atoms with Crippen molar-refractivity contribution in [1.29, 1.82) is 0 Å². The Morgan fingerprint density at radius 1 is 1.22 bits per heavy atom. The predicted molar refractivity (Wildman–Crippen MR) is 92.7 cm³/mol. The second-order valence-corrected chi connectivity index (χ2v) is 8.18. The number of urea groups is 1. The number of nitrogens with one attached hydrogen (secondary N) is 2. The second-order valence-electron chi connectivity index (χ2n) is 7.07. The third-order valence-electron chi connectivity index (χ3n) is 5.32. The zero-order valence-electron chi connectivity index (χ0n) is 13.3. The van der Waals surface area contributed by atoms with Crippen LogP contribution in [0, 0.1) is 0 Å². The van der Waals surface area contributed by atoms with Crippen molar-refractivity contribution >= 4 is 17.8 Å². The molecule has 1 spiro atoms. The summed E-state index contributed by atoms with van der Waals surface area (Å²) in [5.74, 6) is 2.25. The maximum Gasteiger partial charge on any atom is 0.315 e. The molecule has 1 saturated carbocycles. The molecule has 1 aromatic carbocycles. The number of carbonyl (C=O) groups is 1. The Hall–Kier alpha value is -1.20. The van der Waals surface area contributed by atoms with E-state index in [2.05, 4.69) is 22.8 Å².